The van der Waals surface area contributed by atoms with Crippen molar-refractivity contribution < 1.29 is 9.47 Å². The molecule has 2 atom stereocenters. The fourth-order valence-electron chi connectivity index (χ4n) is 2.37. The first-order chi connectivity index (χ1) is 9.06. The van der Waals surface area contributed by atoms with Crippen LogP contribution in [0, 0.1) is 0 Å². The maximum atomic E-state index is 6.00. The van der Waals surface area contributed by atoms with E-state index in [0.29, 0.717) is 10.0 Å². The molecule has 0 radical (unpaired) electrons. The topological polar surface area (TPSA) is 47.7 Å². The number of hydrogen-bond acceptors (Lipinski definition) is 4. The lowest BCUT2D eigenvalue weighted by atomic mass is 10.1. The molecule has 1 saturated heterocycles. The minimum Gasteiger partial charge on any atom is -0.389 e. The monoisotopic (exact) mass is 300 g/mol. The zero-order chi connectivity index (χ0) is 14.0. The summed E-state index contributed by atoms with van der Waals surface area (Å²) < 4.78 is 10.9. The van der Waals surface area contributed by atoms with Gasteiger partial charge in [-0.3, -0.25) is 0 Å². The van der Waals surface area contributed by atoms with Crippen LogP contribution in [0.4, 0.5) is 5.69 Å². The molecule has 4 nitrogen and oxygen atoms in total. The van der Waals surface area contributed by atoms with Gasteiger partial charge in [0.2, 0.25) is 0 Å². The second-order valence-corrected chi connectivity index (χ2v) is 5.36. The number of nitrogens with two attached hydrogens (primary N) is 1. The van der Waals surface area contributed by atoms with Gasteiger partial charge in [0.1, 0.15) is 17.2 Å². The van der Waals surface area contributed by atoms with Gasteiger partial charge in [-0.25, -0.2) is 0 Å². The lowest BCUT2D eigenvalue weighted by Gasteiger charge is -2.21. The van der Waals surface area contributed by atoms with E-state index in [1.165, 1.54) is 0 Å². The van der Waals surface area contributed by atoms with E-state index in [0.717, 1.165) is 24.3 Å². The maximum absolute atomic E-state index is 6.00. The van der Waals surface area contributed by atoms with Crippen molar-refractivity contribution in [2.75, 3.05) is 32.2 Å². The van der Waals surface area contributed by atoms with E-state index < -0.39 is 0 Å². The smallest absolute Gasteiger partial charge is 0.106 e. The summed E-state index contributed by atoms with van der Waals surface area (Å²) in [7, 11) is 3.38. The van der Waals surface area contributed by atoms with Gasteiger partial charge in [0.15, 0.2) is 0 Å². The summed E-state index contributed by atoms with van der Waals surface area (Å²) in [6, 6.07) is 5.56. The molecule has 1 heterocycles. The van der Waals surface area contributed by atoms with E-state index in [9.17, 15) is 0 Å². The fraction of sp³-hybridized carbons (Fsp3) is 0.462. The number of rotatable bonds is 4. The number of hydrogen-bond donors (Lipinski definition) is 1. The molecular weight excluding hydrogens is 284 g/mol. The first kappa shape index (κ1) is 14.5. The quantitative estimate of drug-likeness (QED) is 0.860. The van der Waals surface area contributed by atoms with E-state index in [1.807, 2.05) is 12.1 Å². The highest BCUT2D eigenvalue weighted by atomic mass is 35.5. The normalized spacial score (nSPS) is 22.8. The van der Waals surface area contributed by atoms with Gasteiger partial charge in [0, 0.05) is 43.6 Å². The van der Waals surface area contributed by atoms with Crippen molar-refractivity contribution in [2.24, 2.45) is 5.73 Å². The molecule has 2 unspecified atom stereocenters. The predicted octanol–water partition coefficient (Wildman–Crippen LogP) is 1.82. The van der Waals surface area contributed by atoms with E-state index in [2.05, 4.69) is 4.90 Å². The summed E-state index contributed by atoms with van der Waals surface area (Å²) in [5.74, 6) is 0. The van der Waals surface area contributed by atoms with Gasteiger partial charge in [0.05, 0.1) is 0 Å². The maximum Gasteiger partial charge on any atom is 0.106 e. The average molecular weight is 301 g/mol. The van der Waals surface area contributed by atoms with Crippen LogP contribution in [0.1, 0.15) is 5.56 Å². The lowest BCUT2D eigenvalue weighted by Crippen LogP contribution is -2.27. The molecule has 1 aromatic carbocycles. The third-order valence-electron chi connectivity index (χ3n) is 3.39. The first-order valence-corrected chi connectivity index (χ1v) is 6.75. The highest BCUT2D eigenvalue weighted by molar-refractivity contribution is 7.80. The number of halogens is 1. The van der Waals surface area contributed by atoms with E-state index in [-0.39, 0.29) is 12.2 Å². The Morgan fingerprint density at radius 1 is 1.32 bits per heavy atom. The van der Waals surface area contributed by atoms with Crippen molar-refractivity contribution in [1.29, 1.82) is 0 Å². The molecule has 2 N–H and O–H groups in total. The molecule has 1 aliphatic rings. The Hall–Kier alpha value is -0.880. The third-order valence-corrected chi connectivity index (χ3v) is 3.84. The van der Waals surface area contributed by atoms with Crippen LogP contribution in [0.3, 0.4) is 0 Å². The van der Waals surface area contributed by atoms with Crippen LogP contribution in [-0.4, -0.2) is 44.5 Å². The molecule has 0 amide bonds. The van der Waals surface area contributed by atoms with Crippen molar-refractivity contribution in [3.05, 3.63) is 28.8 Å². The fourth-order valence-corrected chi connectivity index (χ4v) is 2.71. The van der Waals surface area contributed by atoms with Crippen LogP contribution < -0.4 is 10.6 Å². The highest BCUT2D eigenvalue weighted by Crippen LogP contribution is 2.29. The SMILES string of the molecule is COC1CN(c2ccc(Cl)cc2C(N)=S)CC1OC. The van der Waals surface area contributed by atoms with E-state index in [4.69, 9.17) is 39.0 Å². The molecule has 2 rings (SSSR count). The summed E-state index contributed by atoms with van der Waals surface area (Å²) in [5.41, 5.74) is 7.53. The lowest BCUT2D eigenvalue weighted by molar-refractivity contribution is -0.00461. The van der Waals surface area contributed by atoms with Gasteiger partial charge in [-0.1, -0.05) is 23.8 Å². The van der Waals surface area contributed by atoms with Crippen molar-refractivity contribution in [2.45, 2.75) is 12.2 Å². The number of nitrogens with zero attached hydrogens (tertiary/aromatic N) is 1. The second-order valence-electron chi connectivity index (χ2n) is 4.48. The van der Waals surface area contributed by atoms with Crippen LogP contribution in [-0.2, 0) is 9.47 Å². The standard InChI is InChI=1S/C13H17ClN2O2S/c1-17-11-6-16(7-12(11)18-2)10-4-3-8(14)5-9(10)13(15)19/h3-5,11-12H,6-7H2,1-2H3,(H2,15,19). The third kappa shape index (κ3) is 3.00. The number of methoxy groups -OCH3 is 2. The van der Waals surface area contributed by atoms with Gasteiger partial charge in [-0.15, -0.1) is 0 Å². The zero-order valence-corrected chi connectivity index (χ0v) is 12.5. The number of thiocarbonyl (C=S) groups is 1. The van der Waals surface area contributed by atoms with Crippen LogP contribution in [0.25, 0.3) is 0 Å². The van der Waals surface area contributed by atoms with Crippen LogP contribution in [0.15, 0.2) is 18.2 Å². The van der Waals surface area contributed by atoms with Gasteiger partial charge >= 0.3 is 0 Å². The Morgan fingerprint density at radius 3 is 2.37 bits per heavy atom. The molecule has 19 heavy (non-hydrogen) atoms. The summed E-state index contributed by atoms with van der Waals surface area (Å²) in [4.78, 5) is 2.50. The number of ether oxygens (including phenoxy) is 2. The van der Waals surface area contributed by atoms with Crippen molar-refractivity contribution in [3.63, 3.8) is 0 Å². The molecule has 0 bridgehead atoms. The predicted molar refractivity (Wildman–Crippen MR) is 81.1 cm³/mol. The second kappa shape index (κ2) is 6.05. The molecule has 1 aromatic rings. The van der Waals surface area contributed by atoms with Gasteiger partial charge < -0.3 is 20.1 Å². The summed E-state index contributed by atoms with van der Waals surface area (Å²) in [5, 5.41) is 0.623. The Balaban J connectivity index is 2.30. The zero-order valence-electron chi connectivity index (χ0n) is 10.9. The summed E-state index contributed by atoms with van der Waals surface area (Å²) >= 11 is 11.1. The number of benzene rings is 1. The summed E-state index contributed by atoms with van der Waals surface area (Å²) in [6.45, 7) is 1.48. The molecular formula is C13H17ClN2O2S. The van der Waals surface area contributed by atoms with Gasteiger partial charge in [0.25, 0.3) is 0 Å². The van der Waals surface area contributed by atoms with Crippen molar-refractivity contribution >= 4 is 34.5 Å². The van der Waals surface area contributed by atoms with Crippen LogP contribution in [0.2, 0.25) is 5.02 Å². The molecule has 1 aliphatic heterocycles. The molecule has 104 valence electrons. The minimum atomic E-state index is 0.0415. The first-order valence-electron chi connectivity index (χ1n) is 5.96. The van der Waals surface area contributed by atoms with Crippen LogP contribution in [0.5, 0.6) is 0 Å². The molecule has 6 heteroatoms. The largest absolute Gasteiger partial charge is 0.389 e. The molecule has 0 aliphatic carbocycles. The molecule has 1 fully saturated rings. The molecule has 0 aromatic heterocycles. The van der Waals surface area contributed by atoms with Crippen molar-refractivity contribution in [3.8, 4) is 0 Å². The Kier molecular flexibility index (Phi) is 4.62. The van der Waals surface area contributed by atoms with Gasteiger partial charge in [-0.05, 0) is 18.2 Å². The Bertz CT molecular complexity index is 472. The van der Waals surface area contributed by atoms with E-state index in [1.54, 1.807) is 20.3 Å². The average Bonchev–Trinajstić information content (AvgIpc) is 2.81. The minimum absolute atomic E-state index is 0.0415. The Morgan fingerprint density at radius 2 is 1.89 bits per heavy atom. The molecule has 0 saturated carbocycles. The van der Waals surface area contributed by atoms with Crippen molar-refractivity contribution in [1.82, 2.24) is 0 Å². The Labute approximate surface area is 123 Å². The molecule has 0 spiro atoms. The van der Waals surface area contributed by atoms with Crippen LogP contribution >= 0.6 is 23.8 Å². The summed E-state index contributed by atoms with van der Waals surface area (Å²) in [6.07, 6.45) is 0.0831. The van der Waals surface area contributed by atoms with E-state index >= 15 is 0 Å². The van der Waals surface area contributed by atoms with Gasteiger partial charge in [-0.2, -0.15) is 0 Å². The number of anilines is 1. The highest BCUT2D eigenvalue weighted by Gasteiger charge is 2.34.